The molecule has 0 saturated heterocycles. The minimum absolute atomic E-state index is 0.535. The van der Waals surface area contributed by atoms with E-state index in [1.807, 2.05) is 29.6 Å². The van der Waals surface area contributed by atoms with Crippen LogP contribution < -0.4 is 0 Å². The van der Waals surface area contributed by atoms with Crippen LogP contribution in [0.4, 0.5) is 0 Å². The fourth-order valence-corrected chi connectivity index (χ4v) is 2.62. The Morgan fingerprint density at radius 3 is 2.71 bits per heavy atom. The van der Waals surface area contributed by atoms with Crippen LogP contribution in [0.5, 0.6) is 0 Å². The van der Waals surface area contributed by atoms with Gasteiger partial charge in [-0.1, -0.05) is 6.07 Å². The van der Waals surface area contributed by atoms with Crippen LogP contribution >= 0.6 is 11.3 Å². The Labute approximate surface area is 126 Å². The van der Waals surface area contributed by atoms with Gasteiger partial charge in [-0.2, -0.15) is 5.26 Å². The van der Waals surface area contributed by atoms with Crippen molar-refractivity contribution in [3.8, 4) is 17.3 Å². The maximum Gasteiger partial charge on any atom is 0.134 e. The van der Waals surface area contributed by atoms with Crippen molar-refractivity contribution >= 4 is 23.0 Å². The Bertz CT molecular complexity index is 801. The first-order valence-corrected chi connectivity index (χ1v) is 7.13. The van der Waals surface area contributed by atoms with Gasteiger partial charge in [0.1, 0.15) is 11.1 Å². The Morgan fingerprint density at radius 1 is 1.14 bits per heavy atom. The lowest BCUT2D eigenvalue weighted by Gasteiger charge is -1.95. The summed E-state index contributed by atoms with van der Waals surface area (Å²) in [6.07, 6.45) is 8.67. The summed E-state index contributed by atoms with van der Waals surface area (Å²) in [4.78, 5) is 12.6. The van der Waals surface area contributed by atoms with E-state index in [1.165, 1.54) is 11.3 Å². The molecule has 100 valence electrons. The summed E-state index contributed by atoms with van der Waals surface area (Å²) in [6, 6.07) is 9.74. The number of rotatable bonds is 3. The number of thiazole rings is 1. The first-order chi connectivity index (χ1) is 10.4. The number of hydrogen-bond acceptors (Lipinski definition) is 5. The molecule has 0 aliphatic heterocycles. The first kappa shape index (κ1) is 13.2. The zero-order valence-corrected chi connectivity index (χ0v) is 11.8. The van der Waals surface area contributed by atoms with Gasteiger partial charge in [-0.05, 0) is 29.8 Å². The Hall–Kier alpha value is -2.84. The predicted molar refractivity (Wildman–Crippen MR) is 83.1 cm³/mol. The molecule has 0 amide bonds. The van der Waals surface area contributed by atoms with E-state index in [2.05, 4.69) is 21.0 Å². The van der Waals surface area contributed by atoms with Crippen molar-refractivity contribution in [2.24, 2.45) is 0 Å². The van der Waals surface area contributed by atoms with E-state index in [0.717, 1.165) is 16.8 Å². The summed E-state index contributed by atoms with van der Waals surface area (Å²) in [5, 5.41) is 12.0. The molecule has 0 aromatic carbocycles. The van der Waals surface area contributed by atoms with Gasteiger partial charge in [0.05, 0.1) is 11.3 Å². The van der Waals surface area contributed by atoms with Crippen LogP contribution in [0.25, 0.3) is 22.9 Å². The van der Waals surface area contributed by atoms with Crippen LogP contribution in [0.15, 0.2) is 54.4 Å². The summed E-state index contributed by atoms with van der Waals surface area (Å²) >= 11 is 1.45. The molecule has 0 N–H and O–H groups in total. The van der Waals surface area contributed by atoms with E-state index in [0.29, 0.717) is 10.6 Å². The number of hydrogen-bond donors (Lipinski definition) is 0. The van der Waals surface area contributed by atoms with Gasteiger partial charge in [0.2, 0.25) is 0 Å². The van der Waals surface area contributed by atoms with Crippen molar-refractivity contribution < 1.29 is 0 Å². The zero-order valence-electron chi connectivity index (χ0n) is 11.0. The molecule has 3 aromatic rings. The third kappa shape index (κ3) is 3.02. The lowest BCUT2D eigenvalue weighted by molar-refractivity contribution is 1.30. The van der Waals surface area contributed by atoms with Gasteiger partial charge in [-0.15, -0.1) is 11.3 Å². The predicted octanol–water partition coefficient (Wildman–Crippen LogP) is 3.66. The molecule has 0 aliphatic carbocycles. The van der Waals surface area contributed by atoms with Crippen molar-refractivity contribution in [3.63, 3.8) is 0 Å². The fraction of sp³-hybridized carbons (Fsp3) is 0. The van der Waals surface area contributed by atoms with Crippen LogP contribution in [0.2, 0.25) is 0 Å². The van der Waals surface area contributed by atoms with E-state index < -0.39 is 0 Å². The molecular formula is C16H10N4S. The number of nitrogens with zero attached hydrogens (tertiary/aromatic N) is 4. The van der Waals surface area contributed by atoms with Gasteiger partial charge >= 0.3 is 0 Å². The van der Waals surface area contributed by atoms with Gasteiger partial charge in [0.15, 0.2) is 0 Å². The summed E-state index contributed by atoms with van der Waals surface area (Å²) in [5.74, 6) is 0. The van der Waals surface area contributed by atoms with Crippen molar-refractivity contribution in [1.29, 1.82) is 5.26 Å². The molecule has 5 heteroatoms. The smallest absolute Gasteiger partial charge is 0.134 e. The molecule has 0 aliphatic rings. The summed E-state index contributed by atoms with van der Waals surface area (Å²) in [5.41, 5.74) is 3.26. The van der Waals surface area contributed by atoms with Crippen molar-refractivity contribution in [3.05, 3.63) is 65.0 Å². The normalized spacial score (nSPS) is 11.1. The largest absolute Gasteiger partial charge is 0.265 e. The zero-order chi connectivity index (χ0) is 14.5. The highest BCUT2D eigenvalue weighted by Crippen LogP contribution is 2.26. The second-order valence-corrected chi connectivity index (χ2v) is 5.09. The molecule has 0 atom stereocenters. The van der Waals surface area contributed by atoms with E-state index in [-0.39, 0.29) is 0 Å². The molecule has 3 heterocycles. The van der Waals surface area contributed by atoms with Crippen LogP contribution in [0.1, 0.15) is 10.6 Å². The van der Waals surface area contributed by atoms with Crippen LogP contribution in [-0.4, -0.2) is 15.0 Å². The lowest BCUT2D eigenvalue weighted by atomic mass is 10.2. The van der Waals surface area contributed by atoms with E-state index in [9.17, 15) is 5.26 Å². The highest BCUT2D eigenvalue weighted by atomic mass is 32.1. The van der Waals surface area contributed by atoms with Gasteiger partial charge < -0.3 is 0 Å². The summed E-state index contributed by atoms with van der Waals surface area (Å²) in [7, 11) is 0. The molecule has 4 nitrogen and oxygen atoms in total. The Balaban J connectivity index is 1.95. The second-order valence-electron chi connectivity index (χ2n) is 4.23. The van der Waals surface area contributed by atoms with Crippen molar-refractivity contribution in [2.45, 2.75) is 0 Å². The molecular weight excluding hydrogens is 280 g/mol. The lowest BCUT2D eigenvalue weighted by Crippen LogP contribution is -1.83. The fourth-order valence-electron chi connectivity index (χ4n) is 1.82. The minimum atomic E-state index is 0.535. The Morgan fingerprint density at radius 2 is 2.00 bits per heavy atom. The molecule has 3 rings (SSSR count). The molecule has 21 heavy (non-hydrogen) atoms. The third-order valence-corrected chi connectivity index (χ3v) is 3.70. The molecule has 0 bridgehead atoms. The minimum Gasteiger partial charge on any atom is -0.265 e. The number of pyridine rings is 2. The average molecular weight is 290 g/mol. The number of allylic oxidation sites excluding steroid dienone is 1. The summed E-state index contributed by atoms with van der Waals surface area (Å²) in [6.45, 7) is 0. The van der Waals surface area contributed by atoms with Crippen LogP contribution in [0.3, 0.4) is 0 Å². The quantitative estimate of drug-likeness (QED) is 0.690. The van der Waals surface area contributed by atoms with Gasteiger partial charge in [0, 0.05) is 35.7 Å². The molecule has 0 fully saturated rings. The highest BCUT2D eigenvalue weighted by molar-refractivity contribution is 7.11. The van der Waals surface area contributed by atoms with Crippen molar-refractivity contribution in [2.75, 3.05) is 0 Å². The average Bonchev–Trinajstić information content (AvgIpc) is 3.04. The molecule has 0 saturated carbocycles. The summed E-state index contributed by atoms with van der Waals surface area (Å²) < 4.78 is 0. The molecule has 0 spiro atoms. The van der Waals surface area contributed by atoms with Crippen LogP contribution in [-0.2, 0) is 0 Å². The van der Waals surface area contributed by atoms with E-state index in [4.69, 9.17) is 0 Å². The maximum atomic E-state index is 9.34. The van der Waals surface area contributed by atoms with Gasteiger partial charge in [0.25, 0.3) is 0 Å². The van der Waals surface area contributed by atoms with E-state index >= 15 is 0 Å². The van der Waals surface area contributed by atoms with Gasteiger partial charge in [-0.25, -0.2) is 4.98 Å². The first-order valence-electron chi connectivity index (χ1n) is 6.25. The molecule has 0 radical (unpaired) electrons. The molecule has 0 unspecified atom stereocenters. The second kappa shape index (κ2) is 6.07. The maximum absolute atomic E-state index is 9.34. The van der Waals surface area contributed by atoms with Crippen LogP contribution in [0, 0.1) is 11.3 Å². The monoisotopic (exact) mass is 290 g/mol. The number of aromatic nitrogens is 3. The SMILES string of the molecule is N#C/C(=C/c1cccnc1)c1nc(-c2ccncc2)cs1. The third-order valence-electron chi connectivity index (χ3n) is 2.83. The molecule has 3 aromatic heterocycles. The van der Waals surface area contributed by atoms with E-state index in [1.54, 1.807) is 30.9 Å². The topological polar surface area (TPSA) is 62.5 Å². The van der Waals surface area contributed by atoms with Crippen molar-refractivity contribution in [1.82, 2.24) is 15.0 Å². The van der Waals surface area contributed by atoms with Gasteiger partial charge in [-0.3, -0.25) is 9.97 Å². The Kier molecular flexibility index (Phi) is 3.81. The standard InChI is InChI=1S/C16H10N4S/c17-9-14(8-12-2-1-5-19-10-12)16-20-15(11-21-16)13-3-6-18-7-4-13/h1-8,10-11H/b14-8-. The highest BCUT2D eigenvalue weighted by Gasteiger charge is 2.08. The number of nitriles is 1.